The Morgan fingerprint density at radius 3 is 2.45 bits per heavy atom. The minimum atomic E-state index is 0.514. The maximum Gasteiger partial charge on any atom is 0.166 e. The van der Waals surface area contributed by atoms with Crippen LogP contribution in [0.15, 0.2) is 54.6 Å². The Morgan fingerprint density at radius 1 is 0.862 bits per heavy atom. The topological polar surface area (TPSA) is 37.2 Å². The molecule has 0 atom stereocenters. The monoisotopic (exact) mass is 387 g/mol. The lowest BCUT2D eigenvalue weighted by atomic mass is 9.95. The van der Waals surface area contributed by atoms with Gasteiger partial charge in [-0.1, -0.05) is 42.5 Å². The number of hydrogen-bond donors (Lipinski definition) is 0. The summed E-state index contributed by atoms with van der Waals surface area (Å²) in [6, 6.07) is 19.4. The fourth-order valence-electron chi connectivity index (χ4n) is 4.75. The number of likely N-dealkylation sites (tertiary alicyclic amines) is 1. The molecule has 0 spiro atoms. The molecule has 2 aromatic carbocycles. The number of hydrogen-bond acceptors (Lipinski definition) is 4. The zero-order chi connectivity index (χ0) is 19.6. The standard InChI is InChI=1S/C24H29N5/c1-27-17-18-29-23(25-26-24(29)21-9-5-6-10-22(21)27)20-12-15-28(16-13-20)14-11-19-7-3-2-4-8-19/h2-10,20H,11-18H2,1H3. The van der Waals surface area contributed by atoms with Crippen LogP contribution in [0.1, 0.15) is 30.1 Å². The van der Waals surface area contributed by atoms with Crippen molar-refractivity contribution < 1.29 is 0 Å². The number of fused-ring (bicyclic) bond motifs is 3. The van der Waals surface area contributed by atoms with Gasteiger partial charge in [0.2, 0.25) is 0 Å². The van der Waals surface area contributed by atoms with Crippen molar-refractivity contribution in [2.45, 2.75) is 31.7 Å². The van der Waals surface area contributed by atoms with Gasteiger partial charge in [0.05, 0.1) is 0 Å². The van der Waals surface area contributed by atoms with Crippen LogP contribution in [0.3, 0.4) is 0 Å². The fraction of sp³-hybridized carbons (Fsp3) is 0.417. The quantitative estimate of drug-likeness (QED) is 0.682. The van der Waals surface area contributed by atoms with E-state index in [0.29, 0.717) is 5.92 Å². The van der Waals surface area contributed by atoms with Gasteiger partial charge in [-0.25, -0.2) is 0 Å². The highest BCUT2D eigenvalue weighted by atomic mass is 15.3. The third-order valence-corrected chi connectivity index (χ3v) is 6.51. The van der Waals surface area contributed by atoms with Gasteiger partial charge >= 0.3 is 0 Å². The van der Waals surface area contributed by atoms with Gasteiger partial charge in [-0.3, -0.25) is 0 Å². The molecule has 0 amide bonds. The summed E-state index contributed by atoms with van der Waals surface area (Å²) in [5.74, 6) is 2.74. The van der Waals surface area contributed by atoms with E-state index in [1.807, 2.05) is 0 Å². The SMILES string of the molecule is CN1CCn2c(nnc2C2CCN(CCc3ccccc3)CC2)-c2ccccc21. The molecule has 1 saturated heterocycles. The van der Waals surface area contributed by atoms with Crippen LogP contribution >= 0.6 is 0 Å². The summed E-state index contributed by atoms with van der Waals surface area (Å²) < 4.78 is 2.38. The van der Waals surface area contributed by atoms with E-state index >= 15 is 0 Å². The first-order valence-corrected chi connectivity index (χ1v) is 10.8. The number of benzene rings is 2. The summed E-state index contributed by atoms with van der Waals surface area (Å²) in [5.41, 5.74) is 3.88. The zero-order valence-electron chi connectivity index (χ0n) is 17.2. The van der Waals surface area contributed by atoms with Crippen LogP contribution in [0.5, 0.6) is 0 Å². The molecule has 0 bridgehead atoms. The number of rotatable bonds is 4. The second-order valence-electron chi connectivity index (χ2n) is 8.32. The fourth-order valence-corrected chi connectivity index (χ4v) is 4.75. The van der Waals surface area contributed by atoms with Crippen molar-refractivity contribution in [3.05, 3.63) is 66.0 Å². The van der Waals surface area contributed by atoms with Gasteiger partial charge in [0, 0.05) is 43.9 Å². The van der Waals surface area contributed by atoms with Gasteiger partial charge < -0.3 is 14.4 Å². The normalized spacial score (nSPS) is 17.6. The molecular formula is C24H29N5. The summed E-state index contributed by atoms with van der Waals surface area (Å²) in [7, 11) is 2.17. The van der Waals surface area contributed by atoms with Gasteiger partial charge in [0.1, 0.15) is 5.82 Å². The molecule has 0 aliphatic carbocycles. The van der Waals surface area contributed by atoms with Crippen molar-refractivity contribution in [3.63, 3.8) is 0 Å². The first-order chi connectivity index (χ1) is 14.3. The molecule has 0 radical (unpaired) electrons. The lowest BCUT2D eigenvalue weighted by Crippen LogP contribution is -2.35. The number of likely N-dealkylation sites (N-methyl/N-ethyl adjacent to an activating group) is 1. The van der Waals surface area contributed by atoms with E-state index in [0.717, 1.165) is 45.0 Å². The van der Waals surface area contributed by atoms with Crippen molar-refractivity contribution >= 4 is 5.69 Å². The van der Waals surface area contributed by atoms with Gasteiger partial charge in [0.15, 0.2) is 5.82 Å². The molecule has 2 aliphatic heterocycles. The van der Waals surface area contributed by atoms with Gasteiger partial charge in [0.25, 0.3) is 0 Å². The van der Waals surface area contributed by atoms with Crippen LogP contribution in [0.25, 0.3) is 11.4 Å². The molecule has 29 heavy (non-hydrogen) atoms. The molecule has 0 unspecified atom stereocenters. The van der Waals surface area contributed by atoms with Crippen molar-refractivity contribution in [2.75, 3.05) is 38.1 Å². The highest BCUT2D eigenvalue weighted by molar-refractivity contribution is 5.75. The summed E-state index contributed by atoms with van der Waals surface area (Å²) in [5, 5.41) is 9.32. The first-order valence-electron chi connectivity index (χ1n) is 10.8. The lowest BCUT2D eigenvalue weighted by molar-refractivity contribution is 0.209. The molecule has 2 aliphatic rings. The minimum absolute atomic E-state index is 0.514. The maximum absolute atomic E-state index is 4.68. The molecule has 3 aromatic rings. The zero-order valence-corrected chi connectivity index (χ0v) is 17.2. The molecule has 3 heterocycles. The number of para-hydroxylation sites is 1. The van der Waals surface area contributed by atoms with Crippen LogP contribution < -0.4 is 4.90 Å². The molecular weight excluding hydrogens is 358 g/mol. The van der Waals surface area contributed by atoms with Crippen molar-refractivity contribution in [3.8, 4) is 11.4 Å². The number of nitrogens with zero attached hydrogens (tertiary/aromatic N) is 5. The molecule has 5 rings (SSSR count). The average molecular weight is 388 g/mol. The maximum atomic E-state index is 4.68. The predicted molar refractivity (Wildman–Crippen MR) is 117 cm³/mol. The van der Waals surface area contributed by atoms with Crippen LogP contribution in [0.4, 0.5) is 5.69 Å². The number of piperidine rings is 1. The van der Waals surface area contributed by atoms with E-state index in [9.17, 15) is 0 Å². The summed E-state index contributed by atoms with van der Waals surface area (Å²) >= 11 is 0. The van der Waals surface area contributed by atoms with E-state index in [1.54, 1.807) is 0 Å². The van der Waals surface area contributed by atoms with Crippen molar-refractivity contribution in [1.29, 1.82) is 0 Å². The summed E-state index contributed by atoms with van der Waals surface area (Å²) in [6.45, 7) is 5.39. The second-order valence-corrected chi connectivity index (χ2v) is 8.32. The Labute approximate surface area is 173 Å². The molecule has 1 fully saturated rings. The van der Waals surface area contributed by atoms with Gasteiger partial charge in [-0.05, 0) is 50.0 Å². The van der Waals surface area contributed by atoms with Crippen LogP contribution in [0.2, 0.25) is 0 Å². The number of aromatic nitrogens is 3. The van der Waals surface area contributed by atoms with Gasteiger partial charge in [-0.2, -0.15) is 0 Å². The largest absolute Gasteiger partial charge is 0.372 e. The molecule has 5 nitrogen and oxygen atoms in total. The molecule has 150 valence electrons. The van der Waals surface area contributed by atoms with E-state index in [-0.39, 0.29) is 0 Å². The van der Waals surface area contributed by atoms with Crippen LogP contribution in [-0.2, 0) is 13.0 Å². The third-order valence-electron chi connectivity index (χ3n) is 6.51. The highest BCUT2D eigenvalue weighted by Gasteiger charge is 2.28. The van der Waals surface area contributed by atoms with E-state index in [1.165, 1.54) is 35.5 Å². The Kier molecular flexibility index (Phi) is 5.06. The van der Waals surface area contributed by atoms with E-state index < -0.39 is 0 Å². The highest BCUT2D eigenvalue weighted by Crippen LogP contribution is 2.35. The minimum Gasteiger partial charge on any atom is -0.372 e. The Hall–Kier alpha value is -2.66. The van der Waals surface area contributed by atoms with Crippen LogP contribution in [-0.4, -0.2) is 52.9 Å². The Balaban J connectivity index is 1.28. The summed E-state index contributed by atoms with van der Waals surface area (Å²) in [6.07, 6.45) is 3.48. The molecule has 5 heteroatoms. The van der Waals surface area contributed by atoms with Crippen molar-refractivity contribution in [1.82, 2.24) is 19.7 Å². The van der Waals surface area contributed by atoms with Crippen LogP contribution in [0, 0.1) is 0 Å². The smallest absolute Gasteiger partial charge is 0.166 e. The predicted octanol–water partition coefficient (Wildman–Crippen LogP) is 3.82. The first kappa shape index (κ1) is 18.4. The molecule has 0 saturated carbocycles. The lowest BCUT2D eigenvalue weighted by Gasteiger charge is -2.31. The number of anilines is 1. The summed E-state index contributed by atoms with van der Waals surface area (Å²) in [4.78, 5) is 4.94. The third kappa shape index (κ3) is 3.67. The van der Waals surface area contributed by atoms with Crippen molar-refractivity contribution in [2.24, 2.45) is 0 Å². The average Bonchev–Trinajstić information content (AvgIpc) is 3.15. The Bertz CT molecular complexity index is 956. The van der Waals surface area contributed by atoms with E-state index in [4.69, 9.17) is 0 Å². The molecule has 0 N–H and O–H groups in total. The molecule has 1 aromatic heterocycles. The van der Waals surface area contributed by atoms with Gasteiger partial charge in [-0.15, -0.1) is 10.2 Å². The Morgan fingerprint density at radius 2 is 1.62 bits per heavy atom. The second kappa shape index (κ2) is 7.99. The van der Waals surface area contributed by atoms with E-state index in [2.05, 4.69) is 86.2 Å².